The van der Waals surface area contributed by atoms with Gasteiger partial charge in [0.25, 0.3) is 0 Å². The Morgan fingerprint density at radius 2 is 2.17 bits per heavy atom. The quantitative estimate of drug-likeness (QED) is 0.930. The van der Waals surface area contributed by atoms with E-state index in [1.165, 1.54) is 0 Å². The zero-order valence-electron chi connectivity index (χ0n) is 9.32. The molecule has 0 amide bonds. The third-order valence-electron chi connectivity index (χ3n) is 2.35. The summed E-state index contributed by atoms with van der Waals surface area (Å²) in [6.45, 7) is 0.622. The van der Waals surface area contributed by atoms with E-state index in [9.17, 15) is 0 Å². The van der Waals surface area contributed by atoms with Crippen molar-refractivity contribution in [3.63, 3.8) is 0 Å². The molecule has 1 aromatic carbocycles. The maximum atomic E-state index is 8.77. The second-order valence-corrected chi connectivity index (χ2v) is 4.93. The molecule has 0 spiro atoms. The van der Waals surface area contributed by atoms with Crippen LogP contribution in [0, 0.1) is 11.3 Å². The third kappa shape index (κ3) is 3.22. The first-order valence-electron chi connectivity index (χ1n) is 5.23. The summed E-state index contributed by atoms with van der Waals surface area (Å²) in [7, 11) is 0. The van der Waals surface area contributed by atoms with Crippen molar-refractivity contribution >= 4 is 33.2 Å². The van der Waals surface area contributed by atoms with Crippen molar-refractivity contribution in [2.45, 2.75) is 6.54 Å². The molecule has 0 fully saturated rings. The molecule has 1 heterocycles. The summed E-state index contributed by atoms with van der Waals surface area (Å²) >= 11 is 9.31. The minimum absolute atomic E-state index is 0.421. The van der Waals surface area contributed by atoms with E-state index in [-0.39, 0.29) is 0 Å². The van der Waals surface area contributed by atoms with Gasteiger partial charge in [-0.1, -0.05) is 11.6 Å². The average molecular weight is 323 g/mol. The maximum Gasteiger partial charge on any atom is 0.140 e. The Kier molecular flexibility index (Phi) is 4.19. The molecule has 90 valence electrons. The largest absolute Gasteiger partial charge is 0.380 e. The van der Waals surface area contributed by atoms with Gasteiger partial charge in [0, 0.05) is 27.9 Å². The van der Waals surface area contributed by atoms with Crippen LogP contribution in [0.2, 0.25) is 5.02 Å². The summed E-state index contributed by atoms with van der Waals surface area (Å²) in [6.07, 6.45) is 1.63. The summed E-state index contributed by atoms with van der Waals surface area (Å²) in [6, 6.07) is 11.2. The van der Waals surface area contributed by atoms with Gasteiger partial charge in [-0.05, 0) is 51.8 Å². The Morgan fingerprint density at radius 1 is 1.33 bits per heavy atom. The van der Waals surface area contributed by atoms with Crippen LogP contribution in [0.1, 0.15) is 11.3 Å². The number of anilines is 1. The first-order chi connectivity index (χ1) is 8.69. The normalized spacial score (nSPS) is 9.83. The molecule has 0 saturated heterocycles. The predicted molar refractivity (Wildman–Crippen MR) is 75.4 cm³/mol. The zero-order valence-corrected chi connectivity index (χ0v) is 11.7. The predicted octanol–water partition coefficient (Wildman–Crippen LogP) is 3.98. The molecule has 0 atom stereocenters. The van der Waals surface area contributed by atoms with Gasteiger partial charge in [0.15, 0.2) is 0 Å². The van der Waals surface area contributed by atoms with E-state index >= 15 is 0 Å². The van der Waals surface area contributed by atoms with Gasteiger partial charge in [0.2, 0.25) is 0 Å². The van der Waals surface area contributed by atoms with Crippen molar-refractivity contribution in [1.82, 2.24) is 4.98 Å². The smallest absolute Gasteiger partial charge is 0.140 e. The van der Waals surface area contributed by atoms with Crippen LogP contribution in [0.4, 0.5) is 5.69 Å². The van der Waals surface area contributed by atoms with Crippen LogP contribution in [0.15, 0.2) is 41.0 Å². The van der Waals surface area contributed by atoms with Gasteiger partial charge in [0.1, 0.15) is 11.8 Å². The van der Waals surface area contributed by atoms with Crippen LogP contribution in [-0.4, -0.2) is 4.98 Å². The topological polar surface area (TPSA) is 48.7 Å². The molecule has 0 aliphatic rings. The number of benzene rings is 1. The number of rotatable bonds is 3. The van der Waals surface area contributed by atoms with Crippen molar-refractivity contribution in [3.05, 3.63) is 57.3 Å². The second-order valence-electron chi connectivity index (χ2n) is 3.64. The molecular formula is C13H9BrClN3. The Hall–Kier alpha value is -1.57. The van der Waals surface area contributed by atoms with Gasteiger partial charge >= 0.3 is 0 Å². The van der Waals surface area contributed by atoms with Gasteiger partial charge in [0.05, 0.1) is 0 Å². The van der Waals surface area contributed by atoms with Crippen LogP contribution in [-0.2, 0) is 6.54 Å². The molecular weight excluding hydrogens is 314 g/mol. The Labute approximate surface area is 119 Å². The fourth-order valence-corrected chi connectivity index (χ4v) is 2.30. The minimum Gasteiger partial charge on any atom is -0.380 e. The Morgan fingerprint density at radius 3 is 2.89 bits per heavy atom. The summed E-state index contributed by atoms with van der Waals surface area (Å²) in [4.78, 5) is 3.93. The Balaban J connectivity index is 2.09. The highest BCUT2D eigenvalue weighted by molar-refractivity contribution is 9.10. The molecule has 1 aromatic heterocycles. The van der Waals surface area contributed by atoms with Crippen LogP contribution >= 0.6 is 27.5 Å². The lowest BCUT2D eigenvalue weighted by molar-refractivity contribution is 1.11. The molecule has 0 bridgehead atoms. The number of nitrogens with one attached hydrogen (secondary N) is 1. The molecule has 0 aliphatic heterocycles. The van der Waals surface area contributed by atoms with Crippen LogP contribution in [0.25, 0.3) is 0 Å². The summed E-state index contributed by atoms with van der Waals surface area (Å²) in [5.74, 6) is 0. The molecule has 2 aromatic rings. The average Bonchev–Trinajstić information content (AvgIpc) is 2.38. The number of nitrogens with zero attached hydrogens (tertiary/aromatic N) is 2. The molecule has 0 unspecified atom stereocenters. The fourth-order valence-electron chi connectivity index (χ4n) is 1.48. The summed E-state index contributed by atoms with van der Waals surface area (Å²) < 4.78 is 0.907. The molecule has 0 radical (unpaired) electrons. The maximum absolute atomic E-state index is 8.77. The standard InChI is InChI=1S/C13H9BrClN3/c14-12-6-10(15)1-2-13(12)18-8-9-3-4-17-11(5-9)7-16/h1-6,18H,8H2. The molecule has 0 saturated carbocycles. The highest BCUT2D eigenvalue weighted by Crippen LogP contribution is 2.26. The van der Waals surface area contributed by atoms with Crippen molar-refractivity contribution in [1.29, 1.82) is 5.26 Å². The van der Waals surface area contributed by atoms with Crippen molar-refractivity contribution in [3.8, 4) is 6.07 Å². The van der Waals surface area contributed by atoms with E-state index < -0.39 is 0 Å². The number of nitriles is 1. The first-order valence-corrected chi connectivity index (χ1v) is 6.40. The van der Waals surface area contributed by atoms with Crippen molar-refractivity contribution in [2.75, 3.05) is 5.32 Å². The van der Waals surface area contributed by atoms with E-state index in [1.807, 2.05) is 30.3 Å². The number of hydrogen-bond donors (Lipinski definition) is 1. The van der Waals surface area contributed by atoms with Crippen LogP contribution in [0.3, 0.4) is 0 Å². The lowest BCUT2D eigenvalue weighted by atomic mass is 10.2. The lowest BCUT2D eigenvalue weighted by Gasteiger charge is -2.08. The van der Waals surface area contributed by atoms with E-state index in [4.69, 9.17) is 16.9 Å². The van der Waals surface area contributed by atoms with E-state index in [1.54, 1.807) is 12.3 Å². The molecule has 5 heteroatoms. The zero-order chi connectivity index (χ0) is 13.0. The SMILES string of the molecule is N#Cc1cc(CNc2ccc(Cl)cc2Br)ccn1. The van der Waals surface area contributed by atoms with Crippen LogP contribution in [0.5, 0.6) is 0 Å². The summed E-state index contributed by atoms with van der Waals surface area (Å²) in [5, 5.41) is 12.7. The second kappa shape index (κ2) is 5.85. The molecule has 0 aliphatic carbocycles. The van der Waals surface area contributed by atoms with Gasteiger partial charge in [-0.2, -0.15) is 5.26 Å². The monoisotopic (exact) mass is 321 g/mol. The van der Waals surface area contributed by atoms with Gasteiger partial charge in [-0.3, -0.25) is 0 Å². The number of halogens is 2. The van der Waals surface area contributed by atoms with E-state index in [0.717, 1.165) is 15.7 Å². The minimum atomic E-state index is 0.421. The van der Waals surface area contributed by atoms with Crippen molar-refractivity contribution < 1.29 is 0 Å². The highest BCUT2D eigenvalue weighted by atomic mass is 79.9. The van der Waals surface area contributed by atoms with Crippen LogP contribution < -0.4 is 5.32 Å². The van der Waals surface area contributed by atoms with Crippen molar-refractivity contribution in [2.24, 2.45) is 0 Å². The molecule has 18 heavy (non-hydrogen) atoms. The number of hydrogen-bond acceptors (Lipinski definition) is 3. The Bertz CT molecular complexity index is 607. The number of pyridine rings is 1. The lowest BCUT2D eigenvalue weighted by Crippen LogP contribution is -2.00. The van der Waals surface area contributed by atoms with Gasteiger partial charge in [-0.25, -0.2) is 4.98 Å². The fraction of sp³-hybridized carbons (Fsp3) is 0.0769. The molecule has 2 rings (SSSR count). The van der Waals surface area contributed by atoms with E-state index in [0.29, 0.717) is 17.3 Å². The molecule has 3 nitrogen and oxygen atoms in total. The first kappa shape index (κ1) is 12.9. The highest BCUT2D eigenvalue weighted by Gasteiger charge is 2.01. The molecule has 1 N–H and O–H groups in total. The van der Waals surface area contributed by atoms with E-state index in [2.05, 4.69) is 26.2 Å². The summed E-state index contributed by atoms with van der Waals surface area (Å²) in [5.41, 5.74) is 2.38. The van der Waals surface area contributed by atoms with Gasteiger partial charge < -0.3 is 5.32 Å². The third-order valence-corrected chi connectivity index (χ3v) is 3.24. The number of aromatic nitrogens is 1. The van der Waals surface area contributed by atoms with Gasteiger partial charge in [-0.15, -0.1) is 0 Å².